The molecule has 0 bridgehead atoms. The Labute approximate surface area is 210 Å². The molecule has 0 spiro atoms. The number of nitrogens with zero attached hydrogens (tertiary/aromatic N) is 1. The number of methoxy groups -OCH3 is 2. The number of carbonyl (C=O) groups is 2. The number of nitrogens with one attached hydrogen (secondary N) is 2. The van der Waals surface area contributed by atoms with Crippen molar-refractivity contribution in [2.75, 3.05) is 25.7 Å². The lowest BCUT2D eigenvalue weighted by molar-refractivity contribution is -0.119. The first-order chi connectivity index (χ1) is 17.6. The standard InChI is InChI=1S/C28H29N3O5/c1-4-36-28(33)18-10-12-19(13-11-18)31-26(21-15-14-20(34-2)16-22(21)35-3)23-24(17-8-6-5-7-9-17)29-30-25(23)27(31)32/h5-16,23-26,29-30H,4H2,1-3H3. The number of esters is 1. The average molecular weight is 488 g/mol. The van der Waals surface area contributed by atoms with Gasteiger partial charge in [0, 0.05) is 23.2 Å². The number of rotatable bonds is 7. The first kappa shape index (κ1) is 23.8. The van der Waals surface area contributed by atoms with Crippen molar-refractivity contribution in [3.63, 3.8) is 0 Å². The molecule has 3 aromatic carbocycles. The summed E-state index contributed by atoms with van der Waals surface area (Å²) in [5.74, 6) is 0.727. The first-order valence-corrected chi connectivity index (χ1v) is 12.0. The highest BCUT2D eigenvalue weighted by molar-refractivity contribution is 6.02. The maximum absolute atomic E-state index is 13.9. The fourth-order valence-corrected chi connectivity index (χ4v) is 5.25. The van der Waals surface area contributed by atoms with Crippen LogP contribution in [-0.4, -0.2) is 38.7 Å². The second-order valence-electron chi connectivity index (χ2n) is 8.76. The van der Waals surface area contributed by atoms with Gasteiger partial charge in [-0.2, -0.15) is 0 Å². The molecule has 3 aromatic rings. The molecule has 0 aromatic heterocycles. The minimum atomic E-state index is -0.447. The Morgan fingerprint density at radius 3 is 2.31 bits per heavy atom. The smallest absolute Gasteiger partial charge is 0.338 e. The van der Waals surface area contributed by atoms with Crippen molar-refractivity contribution in [1.29, 1.82) is 0 Å². The van der Waals surface area contributed by atoms with E-state index >= 15 is 0 Å². The van der Waals surface area contributed by atoms with Crippen molar-refractivity contribution in [2.24, 2.45) is 5.92 Å². The molecule has 0 aliphatic carbocycles. The van der Waals surface area contributed by atoms with E-state index in [1.165, 1.54) is 0 Å². The maximum Gasteiger partial charge on any atom is 0.338 e. The van der Waals surface area contributed by atoms with Crippen LogP contribution in [0.25, 0.3) is 0 Å². The van der Waals surface area contributed by atoms with E-state index in [-0.39, 0.29) is 23.9 Å². The molecule has 5 rings (SSSR count). The summed E-state index contributed by atoms with van der Waals surface area (Å²) in [6.07, 6.45) is 0. The Morgan fingerprint density at radius 2 is 1.64 bits per heavy atom. The SMILES string of the molecule is CCOC(=O)c1ccc(N2C(=O)C3NNC(c4ccccc4)C3C2c2ccc(OC)cc2OC)cc1. The zero-order valence-corrected chi connectivity index (χ0v) is 20.4. The number of anilines is 1. The predicted octanol–water partition coefficient (Wildman–Crippen LogP) is 3.80. The molecule has 2 fully saturated rings. The van der Waals surface area contributed by atoms with Crippen molar-refractivity contribution in [2.45, 2.75) is 25.0 Å². The quantitative estimate of drug-likeness (QED) is 0.490. The van der Waals surface area contributed by atoms with Gasteiger partial charge in [-0.15, -0.1) is 0 Å². The Bertz CT molecular complexity index is 1250. The Kier molecular flexibility index (Phi) is 6.63. The molecule has 36 heavy (non-hydrogen) atoms. The van der Waals surface area contributed by atoms with Crippen LogP contribution in [0, 0.1) is 5.92 Å². The topological polar surface area (TPSA) is 89.1 Å². The molecule has 4 atom stereocenters. The molecule has 1 amide bonds. The molecule has 2 aliphatic heterocycles. The van der Waals surface area contributed by atoms with Crippen molar-refractivity contribution in [3.05, 3.63) is 89.5 Å². The third kappa shape index (κ3) is 4.08. The van der Waals surface area contributed by atoms with E-state index in [0.29, 0.717) is 29.4 Å². The van der Waals surface area contributed by atoms with Crippen molar-refractivity contribution in [1.82, 2.24) is 10.9 Å². The molecular formula is C28H29N3O5. The minimum absolute atomic E-state index is 0.0577. The van der Waals surface area contributed by atoms with Gasteiger partial charge >= 0.3 is 5.97 Å². The summed E-state index contributed by atoms with van der Waals surface area (Å²) < 4.78 is 16.3. The number of fused-ring (bicyclic) bond motifs is 1. The van der Waals surface area contributed by atoms with Crippen LogP contribution in [0.2, 0.25) is 0 Å². The van der Waals surface area contributed by atoms with Crippen molar-refractivity contribution < 1.29 is 23.8 Å². The third-order valence-corrected chi connectivity index (χ3v) is 6.88. The monoisotopic (exact) mass is 487 g/mol. The summed E-state index contributed by atoms with van der Waals surface area (Å²) in [7, 11) is 3.22. The number of hydrogen-bond acceptors (Lipinski definition) is 7. The largest absolute Gasteiger partial charge is 0.497 e. The fraction of sp³-hybridized carbons (Fsp3) is 0.286. The zero-order valence-electron chi connectivity index (χ0n) is 20.4. The fourth-order valence-electron chi connectivity index (χ4n) is 5.25. The Hall–Kier alpha value is -3.88. The van der Waals surface area contributed by atoms with Crippen LogP contribution in [-0.2, 0) is 9.53 Å². The van der Waals surface area contributed by atoms with E-state index in [2.05, 4.69) is 23.0 Å². The highest BCUT2D eigenvalue weighted by Crippen LogP contribution is 2.51. The summed E-state index contributed by atoms with van der Waals surface area (Å²) in [6.45, 7) is 2.07. The van der Waals surface area contributed by atoms with E-state index in [1.54, 1.807) is 50.3 Å². The minimum Gasteiger partial charge on any atom is -0.497 e. The summed E-state index contributed by atoms with van der Waals surface area (Å²) in [5.41, 5.74) is 9.68. The highest BCUT2D eigenvalue weighted by atomic mass is 16.5. The van der Waals surface area contributed by atoms with Gasteiger partial charge in [-0.3, -0.25) is 4.79 Å². The number of ether oxygens (including phenoxy) is 3. The normalized spacial score (nSPS) is 22.9. The van der Waals surface area contributed by atoms with Gasteiger partial charge in [-0.25, -0.2) is 15.6 Å². The summed E-state index contributed by atoms with van der Waals surface area (Å²) in [5, 5.41) is 0. The van der Waals surface area contributed by atoms with Crippen molar-refractivity contribution in [3.8, 4) is 11.5 Å². The van der Waals surface area contributed by atoms with Gasteiger partial charge in [0.05, 0.1) is 38.5 Å². The van der Waals surface area contributed by atoms with Crippen LogP contribution in [0.1, 0.15) is 40.5 Å². The van der Waals surface area contributed by atoms with Crippen LogP contribution in [0.3, 0.4) is 0 Å². The van der Waals surface area contributed by atoms with Gasteiger partial charge in [0.15, 0.2) is 0 Å². The number of benzene rings is 3. The van der Waals surface area contributed by atoms with Gasteiger partial charge in [-0.1, -0.05) is 30.3 Å². The molecule has 2 saturated heterocycles. The van der Waals surface area contributed by atoms with Crippen LogP contribution >= 0.6 is 0 Å². The van der Waals surface area contributed by atoms with Gasteiger partial charge in [0.2, 0.25) is 5.91 Å². The lowest BCUT2D eigenvalue weighted by Crippen LogP contribution is -2.41. The van der Waals surface area contributed by atoms with E-state index in [0.717, 1.165) is 11.1 Å². The molecule has 4 unspecified atom stereocenters. The van der Waals surface area contributed by atoms with Crippen LogP contribution in [0.4, 0.5) is 5.69 Å². The Balaban J connectivity index is 1.61. The highest BCUT2D eigenvalue weighted by Gasteiger charge is 2.56. The van der Waals surface area contributed by atoms with Crippen LogP contribution in [0.15, 0.2) is 72.8 Å². The predicted molar refractivity (Wildman–Crippen MR) is 135 cm³/mol. The second kappa shape index (κ2) is 10.0. The number of amides is 1. The van der Waals surface area contributed by atoms with Gasteiger partial charge < -0.3 is 19.1 Å². The third-order valence-electron chi connectivity index (χ3n) is 6.88. The molecule has 2 N–H and O–H groups in total. The molecule has 8 heteroatoms. The van der Waals surface area contributed by atoms with E-state index in [9.17, 15) is 9.59 Å². The molecule has 2 heterocycles. The van der Waals surface area contributed by atoms with E-state index in [1.807, 2.05) is 36.4 Å². The summed E-state index contributed by atoms with van der Waals surface area (Å²) >= 11 is 0. The molecule has 186 valence electrons. The zero-order chi connectivity index (χ0) is 25.2. The van der Waals surface area contributed by atoms with Gasteiger partial charge in [0.1, 0.15) is 17.5 Å². The molecule has 8 nitrogen and oxygen atoms in total. The average Bonchev–Trinajstić information content (AvgIpc) is 3.48. The lowest BCUT2D eigenvalue weighted by Gasteiger charge is -2.32. The molecule has 0 radical (unpaired) electrons. The molecular weight excluding hydrogens is 458 g/mol. The summed E-state index contributed by atoms with van der Waals surface area (Å²) in [4.78, 5) is 27.8. The molecule has 2 aliphatic rings. The number of hydrogen-bond donors (Lipinski definition) is 2. The number of hydrazine groups is 1. The second-order valence-corrected chi connectivity index (χ2v) is 8.76. The first-order valence-electron chi connectivity index (χ1n) is 12.0. The van der Waals surface area contributed by atoms with Crippen LogP contribution < -0.4 is 25.2 Å². The van der Waals surface area contributed by atoms with E-state index in [4.69, 9.17) is 14.2 Å². The van der Waals surface area contributed by atoms with Gasteiger partial charge in [-0.05, 0) is 48.9 Å². The summed E-state index contributed by atoms with van der Waals surface area (Å²) in [6, 6.07) is 21.8. The molecule has 0 saturated carbocycles. The maximum atomic E-state index is 13.9. The van der Waals surface area contributed by atoms with Crippen molar-refractivity contribution >= 4 is 17.6 Å². The lowest BCUT2D eigenvalue weighted by atomic mass is 9.83. The van der Waals surface area contributed by atoms with E-state index < -0.39 is 12.0 Å². The number of carbonyl (C=O) groups excluding carboxylic acids is 2. The van der Waals surface area contributed by atoms with Crippen LogP contribution in [0.5, 0.6) is 11.5 Å². The van der Waals surface area contributed by atoms with Gasteiger partial charge in [0.25, 0.3) is 0 Å². The Morgan fingerprint density at radius 1 is 0.917 bits per heavy atom.